The number of hydrogen-bond acceptors (Lipinski definition) is 2. The van der Waals surface area contributed by atoms with Crippen molar-refractivity contribution in [1.82, 2.24) is 5.32 Å². The number of carbonyl (C=O) groups is 1. The molecule has 0 bridgehead atoms. The number of anilines is 1. The number of rotatable bonds is 4. The molecule has 0 radical (unpaired) electrons. The van der Waals surface area contributed by atoms with E-state index in [4.69, 9.17) is 11.6 Å². The molecule has 0 aromatic heterocycles. The molecule has 0 atom stereocenters. The van der Waals surface area contributed by atoms with Crippen molar-refractivity contribution in [3.8, 4) is 0 Å². The summed E-state index contributed by atoms with van der Waals surface area (Å²) in [6, 6.07) is 1.60. The van der Waals surface area contributed by atoms with Crippen LogP contribution >= 0.6 is 11.6 Å². The van der Waals surface area contributed by atoms with Gasteiger partial charge in [0.1, 0.15) is 5.82 Å². The van der Waals surface area contributed by atoms with Crippen LogP contribution in [0.3, 0.4) is 0 Å². The lowest BCUT2D eigenvalue weighted by Crippen LogP contribution is -2.28. The molecule has 1 aromatic rings. The Labute approximate surface area is 96.8 Å². The van der Waals surface area contributed by atoms with Gasteiger partial charge in [0.15, 0.2) is 5.82 Å². The van der Waals surface area contributed by atoms with Gasteiger partial charge in [-0.1, -0.05) is 18.5 Å². The first-order chi connectivity index (χ1) is 7.54. The van der Waals surface area contributed by atoms with Crippen molar-refractivity contribution >= 4 is 23.2 Å². The summed E-state index contributed by atoms with van der Waals surface area (Å²) < 4.78 is 25.9. The van der Waals surface area contributed by atoms with Crippen LogP contribution in [0.15, 0.2) is 12.1 Å². The van der Waals surface area contributed by atoms with Crippen LogP contribution in [0.5, 0.6) is 0 Å². The Bertz CT molecular complexity index is 375. The minimum Gasteiger partial charge on any atom is -0.321 e. The zero-order chi connectivity index (χ0) is 12.1. The molecule has 3 nitrogen and oxygen atoms in total. The quantitative estimate of drug-likeness (QED) is 0.857. The maximum Gasteiger partial charge on any atom is 0.238 e. The summed E-state index contributed by atoms with van der Waals surface area (Å²) in [4.78, 5) is 11.3. The van der Waals surface area contributed by atoms with Gasteiger partial charge in [0, 0.05) is 6.07 Å². The number of halogens is 3. The van der Waals surface area contributed by atoms with Crippen molar-refractivity contribution in [2.24, 2.45) is 0 Å². The second kappa shape index (κ2) is 5.77. The topological polar surface area (TPSA) is 41.1 Å². The van der Waals surface area contributed by atoms with Crippen molar-refractivity contribution in [3.63, 3.8) is 0 Å². The SMILES string of the molecule is CCNCC(=O)Nc1c(F)cc(F)cc1Cl. The van der Waals surface area contributed by atoms with Crippen LogP contribution in [-0.2, 0) is 4.79 Å². The van der Waals surface area contributed by atoms with Crippen molar-refractivity contribution in [3.05, 3.63) is 28.8 Å². The average Bonchev–Trinajstić information content (AvgIpc) is 2.20. The third-order valence-corrected chi connectivity index (χ3v) is 2.10. The van der Waals surface area contributed by atoms with Gasteiger partial charge in [0.25, 0.3) is 0 Å². The van der Waals surface area contributed by atoms with Gasteiger partial charge < -0.3 is 10.6 Å². The highest BCUT2D eigenvalue weighted by Crippen LogP contribution is 2.26. The first-order valence-corrected chi connectivity index (χ1v) is 5.07. The predicted molar refractivity (Wildman–Crippen MR) is 58.5 cm³/mol. The lowest BCUT2D eigenvalue weighted by Gasteiger charge is -2.08. The molecule has 0 spiro atoms. The molecule has 2 N–H and O–H groups in total. The smallest absolute Gasteiger partial charge is 0.238 e. The Morgan fingerprint density at radius 1 is 1.44 bits per heavy atom. The third kappa shape index (κ3) is 3.43. The van der Waals surface area contributed by atoms with Crippen molar-refractivity contribution in [2.75, 3.05) is 18.4 Å². The van der Waals surface area contributed by atoms with E-state index in [-0.39, 0.29) is 17.3 Å². The van der Waals surface area contributed by atoms with Crippen LogP contribution in [0, 0.1) is 11.6 Å². The van der Waals surface area contributed by atoms with E-state index in [1.54, 1.807) is 0 Å². The fourth-order valence-electron chi connectivity index (χ4n) is 1.08. The first-order valence-electron chi connectivity index (χ1n) is 4.69. The number of nitrogens with one attached hydrogen (secondary N) is 2. The molecule has 0 aliphatic rings. The molecule has 0 aliphatic heterocycles. The van der Waals surface area contributed by atoms with Gasteiger partial charge in [-0.2, -0.15) is 0 Å². The molecule has 6 heteroatoms. The second-order valence-corrected chi connectivity index (χ2v) is 3.48. The maximum absolute atomic E-state index is 13.2. The highest BCUT2D eigenvalue weighted by molar-refractivity contribution is 6.33. The zero-order valence-corrected chi connectivity index (χ0v) is 9.37. The molecule has 0 fully saturated rings. The molecule has 0 saturated carbocycles. The summed E-state index contributed by atoms with van der Waals surface area (Å²) in [5, 5.41) is 4.87. The van der Waals surface area contributed by atoms with E-state index in [9.17, 15) is 13.6 Å². The Balaban J connectivity index is 2.77. The van der Waals surface area contributed by atoms with Gasteiger partial charge in [0.2, 0.25) is 5.91 Å². The lowest BCUT2D eigenvalue weighted by atomic mass is 10.3. The van der Waals surface area contributed by atoms with E-state index >= 15 is 0 Å². The molecule has 0 aliphatic carbocycles. The second-order valence-electron chi connectivity index (χ2n) is 3.07. The Hall–Kier alpha value is -1.20. The molecular weight excluding hydrogens is 238 g/mol. The number of carbonyl (C=O) groups excluding carboxylic acids is 1. The lowest BCUT2D eigenvalue weighted by molar-refractivity contribution is -0.115. The maximum atomic E-state index is 13.2. The van der Waals surface area contributed by atoms with Crippen LogP contribution in [-0.4, -0.2) is 19.0 Å². The van der Waals surface area contributed by atoms with Gasteiger partial charge >= 0.3 is 0 Å². The Morgan fingerprint density at radius 3 is 2.69 bits per heavy atom. The molecule has 0 unspecified atom stereocenters. The number of benzene rings is 1. The fourth-order valence-corrected chi connectivity index (χ4v) is 1.33. The largest absolute Gasteiger partial charge is 0.321 e. The predicted octanol–water partition coefficient (Wildman–Crippen LogP) is 2.17. The van der Waals surface area contributed by atoms with Crippen LogP contribution in [0.1, 0.15) is 6.92 Å². The van der Waals surface area contributed by atoms with Gasteiger partial charge in [-0.3, -0.25) is 4.79 Å². The molecule has 0 heterocycles. The highest BCUT2D eigenvalue weighted by atomic mass is 35.5. The molecule has 16 heavy (non-hydrogen) atoms. The van der Waals surface area contributed by atoms with E-state index in [0.717, 1.165) is 6.07 Å². The number of hydrogen-bond donors (Lipinski definition) is 2. The summed E-state index contributed by atoms with van der Waals surface area (Å²) in [5.41, 5.74) is -0.203. The van der Waals surface area contributed by atoms with Gasteiger partial charge in [0.05, 0.1) is 17.3 Å². The summed E-state index contributed by atoms with van der Waals surface area (Å²) in [7, 11) is 0. The fraction of sp³-hybridized carbons (Fsp3) is 0.300. The van der Waals surface area contributed by atoms with Crippen molar-refractivity contribution < 1.29 is 13.6 Å². The normalized spacial score (nSPS) is 10.2. The summed E-state index contributed by atoms with van der Waals surface area (Å²) >= 11 is 5.60. The van der Waals surface area contributed by atoms with Gasteiger partial charge in [-0.25, -0.2) is 8.78 Å². The third-order valence-electron chi connectivity index (χ3n) is 1.81. The molecule has 1 aromatic carbocycles. The molecule has 0 saturated heterocycles. The molecule has 1 rings (SSSR count). The monoisotopic (exact) mass is 248 g/mol. The van der Waals surface area contributed by atoms with Crippen molar-refractivity contribution in [2.45, 2.75) is 6.92 Å². The summed E-state index contributed by atoms with van der Waals surface area (Å²) in [6.45, 7) is 2.50. The van der Waals surface area contributed by atoms with E-state index in [1.807, 2.05) is 6.92 Å². The van der Waals surface area contributed by atoms with Crippen LogP contribution in [0.25, 0.3) is 0 Å². The Kier molecular flexibility index (Phi) is 4.64. The first kappa shape index (κ1) is 12.9. The number of likely N-dealkylation sites (N-methyl/N-ethyl adjacent to an activating group) is 1. The average molecular weight is 249 g/mol. The minimum absolute atomic E-state index is 0.0453. The molecule has 88 valence electrons. The van der Waals surface area contributed by atoms with E-state index in [2.05, 4.69) is 10.6 Å². The minimum atomic E-state index is -0.894. The highest BCUT2D eigenvalue weighted by Gasteiger charge is 2.12. The van der Waals surface area contributed by atoms with Crippen LogP contribution < -0.4 is 10.6 Å². The molecular formula is C10H11ClF2N2O. The number of amides is 1. The molecule has 1 amide bonds. The van der Waals surface area contributed by atoms with Gasteiger partial charge in [-0.15, -0.1) is 0 Å². The summed E-state index contributed by atoms with van der Waals surface area (Å²) in [6.07, 6.45) is 0. The van der Waals surface area contributed by atoms with Crippen molar-refractivity contribution in [1.29, 1.82) is 0 Å². The zero-order valence-electron chi connectivity index (χ0n) is 8.61. The van der Waals surface area contributed by atoms with Crippen LogP contribution in [0.4, 0.5) is 14.5 Å². The van der Waals surface area contributed by atoms with E-state index in [1.165, 1.54) is 0 Å². The standard InChI is InChI=1S/C10H11ClF2N2O/c1-2-14-5-9(16)15-10-7(11)3-6(12)4-8(10)13/h3-4,14H,2,5H2,1H3,(H,15,16). The van der Waals surface area contributed by atoms with E-state index in [0.29, 0.717) is 12.6 Å². The van der Waals surface area contributed by atoms with Crippen LogP contribution in [0.2, 0.25) is 5.02 Å². The van der Waals surface area contributed by atoms with Gasteiger partial charge in [-0.05, 0) is 12.6 Å². The van der Waals surface area contributed by atoms with E-state index < -0.39 is 17.5 Å². The summed E-state index contributed by atoms with van der Waals surface area (Å²) in [5.74, 6) is -2.11. The Morgan fingerprint density at radius 2 is 2.12 bits per heavy atom.